The minimum absolute atomic E-state index is 0.0751. The van der Waals surface area contributed by atoms with Gasteiger partial charge in [-0.2, -0.15) is 0 Å². The highest BCUT2D eigenvalue weighted by Crippen LogP contribution is 2.25. The Balaban J connectivity index is 1.69. The van der Waals surface area contributed by atoms with Crippen LogP contribution in [0.15, 0.2) is 48.7 Å². The predicted molar refractivity (Wildman–Crippen MR) is 98.0 cm³/mol. The Kier molecular flexibility index (Phi) is 4.15. The summed E-state index contributed by atoms with van der Waals surface area (Å²) in [5.74, 6) is 0.964. The third kappa shape index (κ3) is 3.23. The van der Waals surface area contributed by atoms with Crippen LogP contribution in [0.1, 0.15) is 17.3 Å². The maximum Gasteiger partial charge on any atom is 0.159 e. The summed E-state index contributed by atoms with van der Waals surface area (Å²) in [5, 5.41) is 0. The van der Waals surface area contributed by atoms with Crippen LogP contribution in [-0.2, 0) is 4.74 Å². The molecule has 5 heteroatoms. The van der Waals surface area contributed by atoms with E-state index in [-0.39, 0.29) is 5.78 Å². The van der Waals surface area contributed by atoms with Gasteiger partial charge in [-0.3, -0.25) is 9.78 Å². The van der Waals surface area contributed by atoms with Crippen molar-refractivity contribution in [2.24, 2.45) is 0 Å². The first-order valence-corrected chi connectivity index (χ1v) is 8.41. The van der Waals surface area contributed by atoms with Gasteiger partial charge in [-0.25, -0.2) is 4.98 Å². The van der Waals surface area contributed by atoms with Crippen LogP contribution in [0.2, 0.25) is 0 Å². The Bertz CT molecular complexity index is 916. The molecule has 1 fully saturated rings. The van der Waals surface area contributed by atoms with Gasteiger partial charge in [0, 0.05) is 18.7 Å². The van der Waals surface area contributed by atoms with Gasteiger partial charge in [0.2, 0.25) is 0 Å². The number of hydrogen-bond donors (Lipinski definition) is 0. The molecule has 0 saturated carbocycles. The maximum atomic E-state index is 11.4. The molecule has 0 N–H and O–H groups in total. The fourth-order valence-corrected chi connectivity index (χ4v) is 3.02. The summed E-state index contributed by atoms with van der Waals surface area (Å²) in [6, 6.07) is 13.7. The van der Waals surface area contributed by atoms with Crippen molar-refractivity contribution < 1.29 is 9.53 Å². The topological polar surface area (TPSA) is 55.3 Å². The van der Waals surface area contributed by atoms with E-state index in [1.165, 1.54) is 0 Å². The molecule has 3 aromatic rings. The fraction of sp³-hybridized carbons (Fsp3) is 0.250. The van der Waals surface area contributed by atoms with E-state index < -0.39 is 0 Å². The number of aromatic nitrogens is 2. The van der Waals surface area contributed by atoms with Gasteiger partial charge in [0.1, 0.15) is 5.82 Å². The molecule has 2 aromatic carbocycles. The molecule has 0 aliphatic carbocycles. The van der Waals surface area contributed by atoms with Crippen LogP contribution in [0.3, 0.4) is 0 Å². The number of hydrogen-bond acceptors (Lipinski definition) is 5. The molecule has 0 spiro atoms. The standard InChI is InChI=1S/C20H19N3O2/c1-14(24)15-2-4-16(5-3-15)17-6-7-18-19(12-17)22-20(13-21-18)23-8-10-25-11-9-23/h2-7,12-13H,8-11H2,1H3. The van der Waals surface area contributed by atoms with Crippen molar-refractivity contribution in [1.82, 2.24) is 9.97 Å². The number of ether oxygens (including phenoxy) is 1. The number of anilines is 1. The highest BCUT2D eigenvalue weighted by atomic mass is 16.5. The van der Waals surface area contributed by atoms with Gasteiger partial charge in [-0.15, -0.1) is 0 Å². The molecule has 1 aliphatic heterocycles. The molecular formula is C20H19N3O2. The Hall–Kier alpha value is -2.79. The lowest BCUT2D eigenvalue weighted by Crippen LogP contribution is -2.36. The average Bonchev–Trinajstić information content (AvgIpc) is 2.68. The average molecular weight is 333 g/mol. The van der Waals surface area contributed by atoms with Crippen LogP contribution >= 0.6 is 0 Å². The predicted octanol–water partition coefficient (Wildman–Crippen LogP) is 3.34. The van der Waals surface area contributed by atoms with Gasteiger partial charge in [-0.1, -0.05) is 30.3 Å². The minimum atomic E-state index is 0.0751. The van der Waals surface area contributed by atoms with Crippen LogP contribution in [0.5, 0.6) is 0 Å². The Labute approximate surface area is 146 Å². The SMILES string of the molecule is CC(=O)c1ccc(-c2ccc3ncc(N4CCOCC4)nc3c2)cc1. The Morgan fingerprint density at radius 3 is 2.44 bits per heavy atom. The number of benzene rings is 2. The van der Waals surface area contributed by atoms with Gasteiger partial charge in [0.05, 0.1) is 30.4 Å². The summed E-state index contributed by atoms with van der Waals surface area (Å²) in [4.78, 5) is 22.9. The smallest absolute Gasteiger partial charge is 0.159 e. The molecule has 4 rings (SSSR count). The van der Waals surface area contributed by atoms with Gasteiger partial charge in [0.25, 0.3) is 0 Å². The number of carbonyl (C=O) groups is 1. The van der Waals surface area contributed by atoms with Crippen molar-refractivity contribution in [1.29, 1.82) is 0 Å². The van der Waals surface area contributed by atoms with E-state index in [0.717, 1.165) is 59.8 Å². The van der Waals surface area contributed by atoms with Crippen molar-refractivity contribution in [2.45, 2.75) is 6.92 Å². The summed E-state index contributed by atoms with van der Waals surface area (Å²) in [5.41, 5.74) is 4.60. The zero-order valence-corrected chi connectivity index (χ0v) is 14.1. The Morgan fingerprint density at radius 1 is 1.00 bits per heavy atom. The number of nitrogens with zero attached hydrogens (tertiary/aromatic N) is 3. The second kappa shape index (κ2) is 6.61. The van der Waals surface area contributed by atoms with E-state index in [9.17, 15) is 4.79 Å². The quantitative estimate of drug-likeness (QED) is 0.688. The van der Waals surface area contributed by atoms with E-state index in [4.69, 9.17) is 9.72 Å². The molecule has 2 heterocycles. The number of carbonyl (C=O) groups excluding carboxylic acids is 1. The molecular weight excluding hydrogens is 314 g/mol. The van der Waals surface area contributed by atoms with Gasteiger partial charge < -0.3 is 9.64 Å². The first kappa shape index (κ1) is 15.7. The molecule has 0 unspecified atom stereocenters. The van der Waals surface area contributed by atoms with Crippen LogP contribution in [-0.4, -0.2) is 42.1 Å². The van der Waals surface area contributed by atoms with Crippen molar-refractivity contribution in [3.63, 3.8) is 0 Å². The van der Waals surface area contributed by atoms with Gasteiger partial charge in [0.15, 0.2) is 5.78 Å². The lowest BCUT2D eigenvalue weighted by atomic mass is 10.0. The van der Waals surface area contributed by atoms with Crippen molar-refractivity contribution >= 4 is 22.6 Å². The van der Waals surface area contributed by atoms with Crippen molar-refractivity contribution in [3.05, 3.63) is 54.2 Å². The second-order valence-electron chi connectivity index (χ2n) is 6.16. The van der Waals surface area contributed by atoms with Crippen molar-refractivity contribution in [3.8, 4) is 11.1 Å². The first-order valence-electron chi connectivity index (χ1n) is 8.41. The maximum absolute atomic E-state index is 11.4. The van der Waals surface area contributed by atoms with Crippen LogP contribution in [0.4, 0.5) is 5.82 Å². The molecule has 1 aromatic heterocycles. The van der Waals surface area contributed by atoms with E-state index in [0.29, 0.717) is 0 Å². The number of morpholine rings is 1. The monoisotopic (exact) mass is 333 g/mol. The third-order valence-electron chi connectivity index (χ3n) is 4.49. The minimum Gasteiger partial charge on any atom is -0.378 e. The van der Waals surface area contributed by atoms with Gasteiger partial charge in [-0.05, 0) is 30.2 Å². The highest BCUT2D eigenvalue weighted by molar-refractivity contribution is 5.94. The molecule has 0 bridgehead atoms. The molecule has 0 atom stereocenters. The zero-order valence-electron chi connectivity index (χ0n) is 14.1. The highest BCUT2D eigenvalue weighted by Gasteiger charge is 2.13. The van der Waals surface area contributed by atoms with E-state index in [1.807, 2.05) is 42.6 Å². The van der Waals surface area contributed by atoms with E-state index in [2.05, 4.69) is 16.0 Å². The largest absolute Gasteiger partial charge is 0.378 e. The summed E-state index contributed by atoms with van der Waals surface area (Å²) in [7, 11) is 0. The first-order chi connectivity index (χ1) is 12.2. The second-order valence-corrected chi connectivity index (χ2v) is 6.16. The molecule has 25 heavy (non-hydrogen) atoms. The molecule has 1 saturated heterocycles. The summed E-state index contributed by atoms with van der Waals surface area (Å²) < 4.78 is 5.40. The van der Waals surface area contributed by atoms with Gasteiger partial charge >= 0.3 is 0 Å². The van der Waals surface area contributed by atoms with E-state index >= 15 is 0 Å². The normalized spacial score (nSPS) is 14.7. The number of fused-ring (bicyclic) bond motifs is 1. The number of Topliss-reactive ketones (excluding diaryl/α,β-unsaturated/α-hetero) is 1. The number of rotatable bonds is 3. The summed E-state index contributed by atoms with van der Waals surface area (Å²) >= 11 is 0. The van der Waals surface area contributed by atoms with Crippen molar-refractivity contribution in [2.75, 3.05) is 31.2 Å². The summed E-state index contributed by atoms with van der Waals surface area (Å²) in [6.45, 7) is 4.71. The molecule has 5 nitrogen and oxygen atoms in total. The fourth-order valence-electron chi connectivity index (χ4n) is 3.02. The lowest BCUT2D eigenvalue weighted by molar-refractivity contribution is 0.101. The third-order valence-corrected chi connectivity index (χ3v) is 4.49. The summed E-state index contributed by atoms with van der Waals surface area (Å²) in [6.07, 6.45) is 1.83. The lowest BCUT2D eigenvalue weighted by Gasteiger charge is -2.27. The Morgan fingerprint density at radius 2 is 1.72 bits per heavy atom. The van der Waals surface area contributed by atoms with Crippen LogP contribution in [0.25, 0.3) is 22.2 Å². The molecule has 0 amide bonds. The van der Waals surface area contributed by atoms with Crippen LogP contribution < -0.4 is 4.90 Å². The van der Waals surface area contributed by atoms with Crippen LogP contribution in [0, 0.1) is 0 Å². The van der Waals surface area contributed by atoms with E-state index in [1.54, 1.807) is 6.92 Å². The zero-order chi connectivity index (χ0) is 17.2. The molecule has 0 radical (unpaired) electrons. The molecule has 126 valence electrons. The number of ketones is 1. The molecule has 1 aliphatic rings.